The van der Waals surface area contributed by atoms with Gasteiger partial charge < -0.3 is 10.2 Å². The van der Waals surface area contributed by atoms with E-state index in [9.17, 15) is 14.4 Å². The van der Waals surface area contributed by atoms with Gasteiger partial charge in [0.25, 0.3) is 11.8 Å². The minimum atomic E-state index is -1.13. The van der Waals surface area contributed by atoms with Crippen molar-refractivity contribution in [1.82, 2.24) is 25.7 Å². The normalized spacial score (nSPS) is 20.8. The molecule has 4 amide bonds. The second-order valence-electron chi connectivity index (χ2n) is 9.24. The number of carbonyl (C=O) groups is 3. The van der Waals surface area contributed by atoms with Gasteiger partial charge in [-0.1, -0.05) is 42.0 Å². The minimum Gasteiger partial charge on any atom is -0.339 e. The van der Waals surface area contributed by atoms with Crippen LogP contribution in [-0.4, -0.2) is 46.0 Å². The van der Waals surface area contributed by atoms with Gasteiger partial charge in [-0.05, 0) is 55.9 Å². The van der Waals surface area contributed by atoms with Gasteiger partial charge in [-0.15, -0.1) is 0 Å². The number of imide groups is 1. The van der Waals surface area contributed by atoms with E-state index < -0.39 is 17.5 Å². The predicted molar refractivity (Wildman–Crippen MR) is 127 cm³/mol. The minimum absolute atomic E-state index is 0.0268. The summed E-state index contributed by atoms with van der Waals surface area (Å²) in [6.45, 7) is 5.05. The summed E-state index contributed by atoms with van der Waals surface area (Å²) in [7, 11) is 0. The molecule has 0 bridgehead atoms. The molecule has 8 heteroatoms. The van der Waals surface area contributed by atoms with Crippen LogP contribution in [0.4, 0.5) is 4.79 Å². The van der Waals surface area contributed by atoms with Gasteiger partial charge in [-0.25, -0.2) is 4.79 Å². The maximum atomic E-state index is 13.1. The highest BCUT2D eigenvalue weighted by atomic mass is 16.2. The molecule has 0 unspecified atom stereocenters. The fraction of sp³-hybridized carbons (Fsp3) is 0.308. The number of benzene rings is 2. The summed E-state index contributed by atoms with van der Waals surface area (Å²) < 4.78 is 0. The summed E-state index contributed by atoms with van der Waals surface area (Å²) in [5, 5.41) is 12.3. The number of piperidine rings is 1. The van der Waals surface area contributed by atoms with Crippen molar-refractivity contribution >= 4 is 17.8 Å². The standard InChI is InChI=1S/C26H27N5O3/c1-16-3-5-18(6-4-16)22-21(15-27-30-22)17-11-13-31(14-12-17)23(32)19-7-9-20(10-8-19)26(2)24(33)28-25(34)29-26/h3-10,15,17H,11-14H2,1-2H3,(H,27,30)(H2,28,29,33,34)/t26-/m1/s1. The van der Waals surface area contributed by atoms with Crippen molar-refractivity contribution in [2.24, 2.45) is 0 Å². The molecule has 2 fully saturated rings. The molecule has 2 aromatic carbocycles. The molecule has 3 aromatic rings. The first-order valence-electron chi connectivity index (χ1n) is 11.5. The fourth-order valence-corrected chi connectivity index (χ4v) is 4.83. The highest BCUT2D eigenvalue weighted by molar-refractivity contribution is 6.07. The van der Waals surface area contributed by atoms with Gasteiger partial charge in [0.2, 0.25) is 0 Å². The third-order valence-electron chi connectivity index (χ3n) is 6.98. The summed E-state index contributed by atoms with van der Waals surface area (Å²) in [5.41, 5.74) is 4.67. The van der Waals surface area contributed by atoms with Crippen molar-refractivity contribution in [2.75, 3.05) is 13.1 Å². The second-order valence-corrected chi connectivity index (χ2v) is 9.24. The monoisotopic (exact) mass is 457 g/mol. The first-order chi connectivity index (χ1) is 16.3. The van der Waals surface area contributed by atoms with Crippen LogP contribution >= 0.6 is 0 Å². The van der Waals surface area contributed by atoms with E-state index in [4.69, 9.17) is 0 Å². The first kappa shape index (κ1) is 21.9. The molecule has 1 aromatic heterocycles. The number of H-pyrrole nitrogens is 1. The molecule has 0 spiro atoms. The number of hydrogen-bond acceptors (Lipinski definition) is 4. The molecular weight excluding hydrogens is 430 g/mol. The van der Waals surface area contributed by atoms with Crippen LogP contribution in [0, 0.1) is 6.92 Å². The van der Waals surface area contributed by atoms with Gasteiger partial charge >= 0.3 is 6.03 Å². The van der Waals surface area contributed by atoms with Crippen LogP contribution in [0.5, 0.6) is 0 Å². The molecule has 3 heterocycles. The largest absolute Gasteiger partial charge is 0.339 e. The van der Waals surface area contributed by atoms with Crippen molar-refractivity contribution in [2.45, 2.75) is 38.1 Å². The van der Waals surface area contributed by atoms with Gasteiger partial charge in [0.05, 0.1) is 11.9 Å². The number of carbonyl (C=O) groups excluding carboxylic acids is 3. The Balaban J connectivity index is 1.25. The Morgan fingerprint density at radius 2 is 1.71 bits per heavy atom. The third kappa shape index (κ3) is 3.85. The van der Waals surface area contributed by atoms with Gasteiger partial charge in [0.1, 0.15) is 5.54 Å². The van der Waals surface area contributed by atoms with E-state index in [1.807, 2.05) is 11.1 Å². The molecule has 0 radical (unpaired) electrons. The summed E-state index contributed by atoms with van der Waals surface area (Å²) in [4.78, 5) is 38.7. The highest BCUT2D eigenvalue weighted by Crippen LogP contribution is 2.34. The average Bonchev–Trinajstić information content (AvgIpc) is 3.44. The third-order valence-corrected chi connectivity index (χ3v) is 6.98. The zero-order valence-electron chi connectivity index (χ0n) is 19.2. The molecule has 0 saturated carbocycles. The smallest absolute Gasteiger partial charge is 0.322 e. The van der Waals surface area contributed by atoms with E-state index in [1.165, 1.54) is 11.1 Å². The number of hydrogen-bond donors (Lipinski definition) is 3. The SMILES string of the molecule is Cc1ccc(-c2[nH]ncc2C2CCN(C(=O)c3ccc([C@@]4(C)NC(=O)NC4=O)cc3)CC2)cc1. The van der Waals surface area contributed by atoms with Gasteiger partial charge in [-0.2, -0.15) is 5.10 Å². The van der Waals surface area contributed by atoms with Crippen molar-refractivity contribution in [1.29, 1.82) is 0 Å². The Kier molecular flexibility index (Phi) is 5.43. The lowest BCUT2D eigenvalue weighted by atomic mass is 9.87. The van der Waals surface area contributed by atoms with Crippen LogP contribution in [0.15, 0.2) is 54.7 Å². The van der Waals surface area contributed by atoms with E-state index in [2.05, 4.69) is 52.0 Å². The molecule has 0 aliphatic carbocycles. The zero-order valence-corrected chi connectivity index (χ0v) is 19.2. The lowest BCUT2D eigenvalue weighted by Crippen LogP contribution is -2.40. The van der Waals surface area contributed by atoms with E-state index >= 15 is 0 Å². The maximum absolute atomic E-state index is 13.1. The number of rotatable bonds is 4. The second kappa shape index (κ2) is 8.44. The van der Waals surface area contributed by atoms with E-state index in [-0.39, 0.29) is 5.91 Å². The lowest BCUT2D eigenvalue weighted by Gasteiger charge is -2.32. The van der Waals surface area contributed by atoms with Crippen molar-refractivity contribution in [3.05, 3.63) is 77.0 Å². The van der Waals surface area contributed by atoms with Crippen LogP contribution in [0.25, 0.3) is 11.3 Å². The Labute approximate surface area is 197 Å². The molecule has 174 valence electrons. The van der Waals surface area contributed by atoms with Crippen LogP contribution in [0.2, 0.25) is 0 Å². The predicted octanol–water partition coefficient (Wildman–Crippen LogP) is 3.46. The van der Waals surface area contributed by atoms with Gasteiger partial charge in [0, 0.05) is 24.2 Å². The molecule has 5 rings (SSSR count). The lowest BCUT2D eigenvalue weighted by molar-refractivity contribution is -0.123. The Bertz CT molecular complexity index is 1240. The van der Waals surface area contributed by atoms with E-state index in [1.54, 1.807) is 31.2 Å². The van der Waals surface area contributed by atoms with Crippen LogP contribution in [-0.2, 0) is 10.3 Å². The molecule has 2 saturated heterocycles. The number of amides is 4. The summed E-state index contributed by atoms with van der Waals surface area (Å²) >= 11 is 0. The fourth-order valence-electron chi connectivity index (χ4n) is 4.83. The number of aromatic amines is 1. The van der Waals surface area contributed by atoms with Gasteiger partial charge in [-0.3, -0.25) is 20.0 Å². The average molecular weight is 458 g/mol. The Morgan fingerprint density at radius 3 is 2.32 bits per heavy atom. The topological polar surface area (TPSA) is 107 Å². The molecule has 1 atom stereocenters. The maximum Gasteiger partial charge on any atom is 0.322 e. The number of aromatic nitrogens is 2. The van der Waals surface area contributed by atoms with E-state index in [0.29, 0.717) is 30.1 Å². The molecule has 2 aliphatic rings. The molecule has 34 heavy (non-hydrogen) atoms. The number of aryl methyl sites for hydroxylation is 1. The summed E-state index contributed by atoms with van der Waals surface area (Å²) in [6.07, 6.45) is 3.65. The molecule has 8 nitrogen and oxygen atoms in total. The zero-order chi connectivity index (χ0) is 23.9. The number of nitrogens with one attached hydrogen (secondary N) is 3. The molecular formula is C26H27N5O3. The van der Waals surface area contributed by atoms with Gasteiger partial charge in [0.15, 0.2) is 0 Å². The van der Waals surface area contributed by atoms with Crippen molar-refractivity contribution < 1.29 is 14.4 Å². The van der Waals surface area contributed by atoms with Crippen LogP contribution < -0.4 is 10.6 Å². The number of nitrogens with zero attached hydrogens (tertiary/aromatic N) is 2. The quantitative estimate of drug-likeness (QED) is 0.522. The summed E-state index contributed by atoms with van der Waals surface area (Å²) in [6, 6.07) is 14.8. The van der Waals surface area contributed by atoms with E-state index in [0.717, 1.165) is 24.1 Å². The Morgan fingerprint density at radius 1 is 1.03 bits per heavy atom. The Hall–Kier alpha value is -3.94. The summed E-state index contributed by atoms with van der Waals surface area (Å²) in [5.74, 6) is -0.0881. The highest BCUT2D eigenvalue weighted by Gasteiger charge is 2.43. The van der Waals surface area contributed by atoms with Crippen molar-refractivity contribution in [3.63, 3.8) is 0 Å². The molecule has 3 N–H and O–H groups in total. The molecule has 2 aliphatic heterocycles. The first-order valence-corrected chi connectivity index (χ1v) is 11.5. The number of likely N-dealkylation sites (tertiary alicyclic amines) is 1. The number of urea groups is 1. The van der Waals surface area contributed by atoms with Crippen molar-refractivity contribution in [3.8, 4) is 11.3 Å². The van der Waals surface area contributed by atoms with Crippen LogP contribution in [0.3, 0.4) is 0 Å². The van der Waals surface area contributed by atoms with Crippen LogP contribution in [0.1, 0.15) is 52.7 Å².